The standard InChI is InChI=1S/C8H10O4/c1-3-12-8-5(4(2)9)6(10)7(8)11/h4,9H,3H2,1-2H3. The lowest BCUT2D eigenvalue weighted by atomic mass is 10.0. The fraction of sp³-hybridized carbons (Fsp3) is 0.500. The average Bonchev–Trinajstić information content (AvgIpc) is 2.02. The predicted molar refractivity (Wildman–Crippen MR) is 43.2 cm³/mol. The lowest BCUT2D eigenvalue weighted by Crippen LogP contribution is -2.37. The molecule has 1 unspecified atom stereocenters. The molecule has 0 aromatic heterocycles. The number of rotatable bonds is 3. The highest BCUT2D eigenvalue weighted by atomic mass is 16.5. The molecular weight excluding hydrogens is 160 g/mol. The molecule has 0 aliphatic rings. The Morgan fingerprint density at radius 2 is 2.00 bits per heavy atom. The number of hydrogen-bond acceptors (Lipinski definition) is 4. The van der Waals surface area contributed by atoms with E-state index in [1.807, 2.05) is 0 Å². The molecule has 12 heavy (non-hydrogen) atoms. The van der Waals surface area contributed by atoms with Gasteiger partial charge in [-0.05, 0) is 13.8 Å². The minimum absolute atomic E-state index is 0.0255. The molecule has 66 valence electrons. The van der Waals surface area contributed by atoms with Crippen molar-refractivity contribution in [2.45, 2.75) is 20.0 Å². The van der Waals surface area contributed by atoms with Crippen LogP contribution in [-0.4, -0.2) is 11.7 Å². The van der Waals surface area contributed by atoms with Gasteiger partial charge in [0.15, 0.2) is 5.75 Å². The van der Waals surface area contributed by atoms with Crippen molar-refractivity contribution in [3.05, 3.63) is 26.0 Å². The fourth-order valence-electron chi connectivity index (χ4n) is 1.06. The molecule has 0 radical (unpaired) electrons. The maximum absolute atomic E-state index is 10.8. The Morgan fingerprint density at radius 3 is 2.42 bits per heavy atom. The van der Waals surface area contributed by atoms with Gasteiger partial charge in [-0.25, -0.2) is 0 Å². The van der Waals surface area contributed by atoms with E-state index in [-0.39, 0.29) is 11.3 Å². The third-order valence-electron chi connectivity index (χ3n) is 1.61. The molecule has 4 heteroatoms. The molecule has 1 aromatic carbocycles. The van der Waals surface area contributed by atoms with Crippen molar-refractivity contribution in [1.29, 1.82) is 0 Å². The van der Waals surface area contributed by atoms with Crippen molar-refractivity contribution in [1.82, 2.24) is 0 Å². The largest absolute Gasteiger partial charge is 0.489 e. The summed E-state index contributed by atoms with van der Waals surface area (Å²) in [5.74, 6) is 0.0255. The third kappa shape index (κ3) is 1.14. The summed E-state index contributed by atoms with van der Waals surface area (Å²) in [4.78, 5) is 21.7. The molecule has 0 aliphatic carbocycles. The maximum Gasteiger partial charge on any atom is 0.268 e. The first kappa shape index (κ1) is 8.93. The first-order valence-corrected chi connectivity index (χ1v) is 3.73. The monoisotopic (exact) mass is 170 g/mol. The second kappa shape index (κ2) is 3.06. The molecule has 1 atom stereocenters. The van der Waals surface area contributed by atoms with Crippen LogP contribution in [0.4, 0.5) is 0 Å². The van der Waals surface area contributed by atoms with Crippen LogP contribution in [0.1, 0.15) is 25.5 Å². The third-order valence-corrected chi connectivity index (χ3v) is 1.61. The van der Waals surface area contributed by atoms with E-state index in [0.29, 0.717) is 6.61 Å². The summed E-state index contributed by atoms with van der Waals surface area (Å²) in [7, 11) is 0. The smallest absolute Gasteiger partial charge is 0.268 e. The lowest BCUT2D eigenvalue weighted by Gasteiger charge is -2.12. The zero-order valence-corrected chi connectivity index (χ0v) is 6.96. The number of hydrogen-bond donors (Lipinski definition) is 1. The van der Waals surface area contributed by atoms with Crippen LogP contribution < -0.4 is 15.6 Å². The van der Waals surface area contributed by atoms with Crippen molar-refractivity contribution in [2.24, 2.45) is 0 Å². The van der Waals surface area contributed by atoms with Gasteiger partial charge < -0.3 is 9.84 Å². The maximum atomic E-state index is 10.8. The van der Waals surface area contributed by atoms with Gasteiger partial charge in [0.2, 0.25) is 5.43 Å². The topological polar surface area (TPSA) is 63.6 Å². The second-order valence-corrected chi connectivity index (χ2v) is 2.51. The van der Waals surface area contributed by atoms with Crippen LogP contribution in [0.2, 0.25) is 0 Å². The molecule has 0 heterocycles. The van der Waals surface area contributed by atoms with E-state index in [1.165, 1.54) is 6.92 Å². The minimum Gasteiger partial charge on any atom is -0.489 e. The average molecular weight is 170 g/mol. The van der Waals surface area contributed by atoms with Gasteiger partial charge in [-0.15, -0.1) is 0 Å². The molecule has 1 aromatic rings. The predicted octanol–water partition coefficient (Wildman–Crippen LogP) is -0.265. The van der Waals surface area contributed by atoms with E-state index < -0.39 is 17.0 Å². The summed E-state index contributed by atoms with van der Waals surface area (Å²) in [5, 5.41) is 9.05. The molecule has 0 saturated carbocycles. The van der Waals surface area contributed by atoms with Crippen molar-refractivity contribution < 1.29 is 9.84 Å². The fourth-order valence-corrected chi connectivity index (χ4v) is 1.06. The van der Waals surface area contributed by atoms with E-state index in [1.54, 1.807) is 6.92 Å². The molecule has 1 N–H and O–H groups in total. The molecule has 0 bridgehead atoms. The summed E-state index contributed by atoms with van der Waals surface area (Å²) in [6.07, 6.45) is -0.920. The number of aliphatic hydroxyl groups is 1. The zero-order chi connectivity index (χ0) is 9.30. The first-order valence-electron chi connectivity index (χ1n) is 3.73. The van der Waals surface area contributed by atoms with Gasteiger partial charge >= 0.3 is 0 Å². The van der Waals surface area contributed by atoms with Crippen molar-refractivity contribution >= 4 is 0 Å². The highest BCUT2D eigenvalue weighted by Crippen LogP contribution is 2.18. The Hall–Kier alpha value is -1.16. The van der Waals surface area contributed by atoms with Crippen LogP contribution in [-0.2, 0) is 0 Å². The lowest BCUT2D eigenvalue weighted by molar-refractivity contribution is 0.187. The van der Waals surface area contributed by atoms with E-state index in [9.17, 15) is 9.59 Å². The Kier molecular flexibility index (Phi) is 2.28. The molecule has 1 rings (SSSR count). The van der Waals surface area contributed by atoms with Crippen LogP contribution in [0.5, 0.6) is 5.75 Å². The molecule has 0 spiro atoms. The van der Waals surface area contributed by atoms with Crippen molar-refractivity contribution in [3.63, 3.8) is 0 Å². The minimum atomic E-state index is -0.920. The molecule has 4 nitrogen and oxygen atoms in total. The van der Waals surface area contributed by atoms with Crippen LogP contribution in [0.3, 0.4) is 0 Å². The van der Waals surface area contributed by atoms with Crippen LogP contribution in [0.25, 0.3) is 0 Å². The first-order chi connectivity index (χ1) is 5.59. The molecular formula is C8H10O4. The highest BCUT2D eigenvalue weighted by molar-refractivity contribution is 5.40. The normalized spacial score (nSPS) is 13.2. The molecule has 0 saturated heterocycles. The quantitative estimate of drug-likeness (QED) is 0.634. The van der Waals surface area contributed by atoms with Crippen LogP contribution in [0.15, 0.2) is 9.59 Å². The van der Waals surface area contributed by atoms with E-state index >= 15 is 0 Å². The molecule has 0 amide bonds. The Bertz CT molecular complexity index is 344. The summed E-state index contributed by atoms with van der Waals surface area (Å²) >= 11 is 0. The Morgan fingerprint density at radius 1 is 1.42 bits per heavy atom. The van der Waals surface area contributed by atoms with Crippen molar-refractivity contribution in [2.75, 3.05) is 6.61 Å². The number of ether oxygens (including phenoxy) is 1. The van der Waals surface area contributed by atoms with E-state index in [0.717, 1.165) is 0 Å². The summed E-state index contributed by atoms with van der Waals surface area (Å²) in [5.41, 5.74) is -1.16. The van der Waals surface area contributed by atoms with Crippen LogP contribution in [0, 0.1) is 0 Å². The summed E-state index contributed by atoms with van der Waals surface area (Å²) in [6, 6.07) is 0. The van der Waals surface area contributed by atoms with Gasteiger partial charge in [0, 0.05) is 0 Å². The van der Waals surface area contributed by atoms with Crippen LogP contribution >= 0.6 is 0 Å². The van der Waals surface area contributed by atoms with Crippen molar-refractivity contribution in [3.8, 4) is 5.75 Å². The Labute approximate surface area is 69.1 Å². The van der Waals surface area contributed by atoms with Gasteiger partial charge in [-0.2, -0.15) is 0 Å². The van der Waals surface area contributed by atoms with Gasteiger partial charge in [0.05, 0.1) is 18.3 Å². The summed E-state index contributed by atoms with van der Waals surface area (Å²) in [6.45, 7) is 3.46. The SMILES string of the molecule is CCOc1c(C(C)O)c(=O)c1=O. The Balaban J connectivity index is 3.05. The van der Waals surface area contributed by atoms with E-state index in [4.69, 9.17) is 9.84 Å². The van der Waals surface area contributed by atoms with Gasteiger partial charge in [-0.3, -0.25) is 9.59 Å². The highest BCUT2D eigenvalue weighted by Gasteiger charge is 2.25. The van der Waals surface area contributed by atoms with E-state index in [2.05, 4.69) is 0 Å². The zero-order valence-electron chi connectivity index (χ0n) is 6.96. The molecule has 0 aliphatic heterocycles. The molecule has 0 fully saturated rings. The number of aliphatic hydroxyl groups excluding tert-OH is 1. The summed E-state index contributed by atoms with van der Waals surface area (Å²) < 4.78 is 4.88. The van der Waals surface area contributed by atoms with Gasteiger partial charge in [0.1, 0.15) is 0 Å². The second-order valence-electron chi connectivity index (χ2n) is 2.51. The van der Waals surface area contributed by atoms with Gasteiger partial charge in [-0.1, -0.05) is 0 Å². The van der Waals surface area contributed by atoms with Gasteiger partial charge in [0.25, 0.3) is 5.43 Å².